The number of hydrogen-bond acceptors (Lipinski definition) is 8. The molecule has 6 N–H and O–H groups in total. The summed E-state index contributed by atoms with van der Waals surface area (Å²) in [6.45, 7) is -1.06. The van der Waals surface area contributed by atoms with E-state index in [9.17, 15) is 24.7 Å². The first-order chi connectivity index (χ1) is 14.6. The molecule has 31 heavy (non-hydrogen) atoms. The average Bonchev–Trinajstić information content (AvgIpc) is 3.29. The maximum atomic E-state index is 12.8. The first-order valence-corrected chi connectivity index (χ1v) is 10.0. The number of aromatic amines is 1. The Morgan fingerprint density at radius 1 is 1.39 bits per heavy atom. The van der Waals surface area contributed by atoms with Crippen LogP contribution < -0.4 is 15.1 Å². The van der Waals surface area contributed by atoms with Crippen molar-refractivity contribution >= 4 is 18.6 Å². The Hall–Kier alpha value is -3.09. The molecule has 1 saturated heterocycles. The molecular weight excluding hydrogens is 407 g/mol. The monoisotopic (exact) mass is 429 g/mol. The predicted octanol–water partition coefficient (Wildman–Crippen LogP) is -0.255. The summed E-state index contributed by atoms with van der Waals surface area (Å²) in [6.07, 6.45) is 3.03. The van der Waals surface area contributed by atoms with Crippen molar-refractivity contribution in [3.8, 4) is 11.5 Å². The number of carbonyl (C=O) groups is 2. The minimum Gasteiger partial charge on any atom is -0.669 e. The standard InChI is InChI=1S/C19H22BN4O7/c1-19(21,14-5-22-8-23-14)18(27)24-6-9(7-24)30-13-3-2-10-11-4-12(11)20(28,29)31-16(10)15(13)17(25)26/h2-3,5,8-9,11-12,28-29H,4,6-7,21H2,1H3,(H,22,23)(H,25,26)/q-1/t11-,12-,19-/m1/s1. The second-order valence-electron chi connectivity index (χ2n) is 8.66. The number of nitrogens with two attached hydrogens (primary N) is 1. The van der Waals surface area contributed by atoms with Crippen LogP contribution in [0.15, 0.2) is 24.7 Å². The molecule has 0 radical (unpaired) electrons. The lowest BCUT2D eigenvalue weighted by Gasteiger charge is -2.42. The number of amides is 1. The van der Waals surface area contributed by atoms with Crippen molar-refractivity contribution in [1.82, 2.24) is 14.9 Å². The summed E-state index contributed by atoms with van der Waals surface area (Å²) in [5, 5.41) is 30.0. The number of likely N-dealkylation sites (tertiary alicyclic amines) is 1. The van der Waals surface area contributed by atoms with E-state index < -0.39 is 30.2 Å². The fourth-order valence-corrected chi connectivity index (χ4v) is 4.46. The Morgan fingerprint density at radius 3 is 2.77 bits per heavy atom. The number of imidazole rings is 1. The minimum atomic E-state index is -3.11. The van der Waals surface area contributed by atoms with Crippen LogP contribution in [-0.2, 0) is 10.3 Å². The van der Waals surface area contributed by atoms with Crippen molar-refractivity contribution in [1.29, 1.82) is 0 Å². The number of carboxylic acid groups (broad SMARTS) is 1. The highest BCUT2D eigenvalue weighted by atomic mass is 16.6. The highest BCUT2D eigenvalue weighted by Gasteiger charge is 2.55. The van der Waals surface area contributed by atoms with Gasteiger partial charge in [0.05, 0.1) is 37.1 Å². The zero-order chi connectivity index (χ0) is 22.1. The van der Waals surface area contributed by atoms with E-state index in [0.717, 1.165) is 0 Å². The van der Waals surface area contributed by atoms with Crippen LogP contribution in [0.4, 0.5) is 0 Å². The van der Waals surface area contributed by atoms with Gasteiger partial charge in [-0.05, 0) is 24.5 Å². The summed E-state index contributed by atoms with van der Waals surface area (Å²) in [7, 11) is 0. The molecule has 11 nitrogen and oxygen atoms in total. The van der Waals surface area contributed by atoms with Crippen molar-refractivity contribution in [2.24, 2.45) is 5.73 Å². The molecule has 2 fully saturated rings. The number of ether oxygens (including phenoxy) is 1. The number of carbonyl (C=O) groups excluding carboxylic acids is 1. The van der Waals surface area contributed by atoms with Gasteiger partial charge in [-0.1, -0.05) is 18.3 Å². The van der Waals surface area contributed by atoms with Crippen LogP contribution in [0.3, 0.4) is 0 Å². The van der Waals surface area contributed by atoms with Crippen LogP contribution in [0.2, 0.25) is 5.82 Å². The Bertz CT molecular complexity index is 1070. The molecule has 5 rings (SSSR count). The van der Waals surface area contributed by atoms with E-state index in [1.807, 2.05) is 0 Å². The molecule has 1 saturated carbocycles. The number of aromatic nitrogens is 2. The normalized spacial score (nSPS) is 25.4. The zero-order valence-corrected chi connectivity index (χ0v) is 16.7. The van der Waals surface area contributed by atoms with Crippen molar-refractivity contribution in [2.75, 3.05) is 13.1 Å². The Kier molecular flexibility index (Phi) is 4.13. The highest BCUT2D eigenvalue weighted by molar-refractivity contribution is 6.62. The number of nitrogens with one attached hydrogen (secondary N) is 1. The van der Waals surface area contributed by atoms with Crippen LogP contribution in [0.25, 0.3) is 0 Å². The molecule has 2 aliphatic heterocycles. The first kappa shape index (κ1) is 19.9. The number of benzene rings is 1. The van der Waals surface area contributed by atoms with Crippen LogP contribution in [0.5, 0.6) is 11.5 Å². The number of carboxylic acids is 1. The summed E-state index contributed by atoms with van der Waals surface area (Å²) in [4.78, 5) is 32.9. The number of fused-ring (bicyclic) bond motifs is 3. The SMILES string of the molecule is C[C@](N)(C(=O)N1CC(Oc2ccc3c(c2C(=O)O)O[B-](O)(O)[C@@H]2C[C@H]32)C1)c1cnc[nH]1. The summed E-state index contributed by atoms with van der Waals surface area (Å²) in [5.41, 5.74) is 5.77. The number of rotatable bonds is 5. The smallest absolute Gasteiger partial charge is 0.434 e. The van der Waals surface area contributed by atoms with Crippen LogP contribution in [0.1, 0.15) is 40.9 Å². The van der Waals surface area contributed by atoms with Crippen molar-refractivity contribution in [3.05, 3.63) is 41.5 Å². The molecule has 12 heteroatoms. The number of hydrogen-bond donors (Lipinski definition) is 5. The lowest BCUT2D eigenvalue weighted by Crippen LogP contribution is -2.62. The van der Waals surface area contributed by atoms with Crippen molar-refractivity contribution in [2.45, 2.75) is 36.7 Å². The molecule has 3 aliphatic rings. The summed E-state index contributed by atoms with van der Waals surface area (Å²) < 4.78 is 11.1. The molecule has 2 aromatic rings. The minimum absolute atomic E-state index is 0.0538. The van der Waals surface area contributed by atoms with Crippen LogP contribution in [-0.4, -0.2) is 67.8 Å². The van der Waals surface area contributed by atoms with E-state index in [1.165, 1.54) is 17.4 Å². The third-order valence-electron chi connectivity index (χ3n) is 6.38. The number of H-pyrrole nitrogens is 1. The van der Waals surface area contributed by atoms with Gasteiger partial charge in [0.1, 0.15) is 23.0 Å². The molecular formula is C19H22BN4O7-. The highest BCUT2D eigenvalue weighted by Crippen LogP contribution is 2.63. The molecule has 1 aromatic carbocycles. The van der Waals surface area contributed by atoms with Crippen LogP contribution in [0, 0.1) is 0 Å². The Morgan fingerprint density at radius 2 is 2.13 bits per heavy atom. The van der Waals surface area contributed by atoms with Crippen molar-refractivity contribution < 1.29 is 34.1 Å². The van der Waals surface area contributed by atoms with Crippen molar-refractivity contribution in [3.63, 3.8) is 0 Å². The van der Waals surface area contributed by atoms with E-state index in [2.05, 4.69) is 9.97 Å². The van der Waals surface area contributed by atoms with E-state index in [0.29, 0.717) is 17.7 Å². The van der Waals surface area contributed by atoms with Crippen LogP contribution >= 0.6 is 0 Å². The molecule has 3 heterocycles. The van der Waals surface area contributed by atoms with Gasteiger partial charge in [-0.3, -0.25) is 4.79 Å². The first-order valence-electron chi connectivity index (χ1n) is 10.0. The van der Waals surface area contributed by atoms with Gasteiger partial charge < -0.3 is 40.2 Å². The molecule has 0 unspecified atom stereocenters. The van der Waals surface area contributed by atoms with E-state index in [-0.39, 0.29) is 42.0 Å². The predicted molar refractivity (Wildman–Crippen MR) is 106 cm³/mol. The lowest BCUT2D eigenvalue weighted by atomic mass is 9.68. The summed E-state index contributed by atoms with van der Waals surface area (Å²) in [6, 6.07) is 3.25. The summed E-state index contributed by atoms with van der Waals surface area (Å²) in [5.74, 6) is -2.15. The summed E-state index contributed by atoms with van der Waals surface area (Å²) >= 11 is 0. The third kappa shape index (κ3) is 3.06. The Labute approximate surface area is 176 Å². The van der Waals surface area contributed by atoms with Gasteiger partial charge in [0.2, 0.25) is 5.91 Å². The maximum absolute atomic E-state index is 12.8. The molecule has 1 amide bonds. The van der Waals surface area contributed by atoms with Gasteiger partial charge in [0.15, 0.2) is 0 Å². The number of aromatic carboxylic acids is 1. The Balaban J connectivity index is 1.32. The zero-order valence-electron chi connectivity index (χ0n) is 16.7. The molecule has 1 aromatic heterocycles. The van der Waals surface area contributed by atoms with Gasteiger partial charge >= 0.3 is 12.7 Å². The quantitative estimate of drug-likeness (QED) is 0.402. The molecule has 0 spiro atoms. The molecule has 3 atom stereocenters. The van der Waals surface area contributed by atoms with Gasteiger partial charge in [0, 0.05) is 0 Å². The van der Waals surface area contributed by atoms with E-state index in [1.54, 1.807) is 19.1 Å². The maximum Gasteiger partial charge on any atom is 0.434 e. The van der Waals surface area contributed by atoms with E-state index in [4.69, 9.17) is 15.1 Å². The van der Waals surface area contributed by atoms with Gasteiger partial charge in [-0.2, -0.15) is 0 Å². The average molecular weight is 429 g/mol. The second kappa shape index (κ2) is 6.46. The molecule has 164 valence electrons. The molecule has 1 aliphatic carbocycles. The third-order valence-corrected chi connectivity index (χ3v) is 6.38. The second-order valence-corrected chi connectivity index (χ2v) is 8.66. The fraction of sp³-hybridized carbons (Fsp3) is 0.421. The van der Waals surface area contributed by atoms with Gasteiger partial charge in [-0.25, -0.2) is 9.78 Å². The molecule has 0 bridgehead atoms. The lowest BCUT2D eigenvalue weighted by molar-refractivity contribution is -0.145. The van der Waals surface area contributed by atoms with E-state index >= 15 is 0 Å². The fourth-order valence-electron chi connectivity index (χ4n) is 4.46. The topological polar surface area (TPSA) is 171 Å². The number of nitrogens with zero attached hydrogens (tertiary/aromatic N) is 2. The van der Waals surface area contributed by atoms with Gasteiger partial charge in [-0.15, -0.1) is 0 Å². The van der Waals surface area contributed by atoms with Gasteiger partial charge in [0.25, 0.3) is 0 Å². The largest absolute Gasteiger partial charge is 0.669 e.